The van der Waals surface area contributed by atoms with E-state index in [0.717, 1.165) is 5.69 Å². The number of amides is 1. The van der Waals surface area contributed by atoms with Crippen molar-refractivity contribution in [2.45, 2.75) is 33.6 Å². The largest absolute Gasteiger partial charge is 0.317 e. The molecule has 1 amide bonds. The van der Waals surface area contributed by atoms with E-state index in [9.17, 15) is 4.79 Å². The van der Waals surface area contributed by atoms with Crippen LogP contribution in [0.15, 0.2) is 53.9 Å². The molecule has 23 heavy (non-hydrogen) atoms. The van der Waals surface area contributed by atoms with Gasteiger partial charge in [0.1, 0.15) is 12.4 Å². The second kappa shape index (κ2) is 7.27. The number of hydrogen-bond donors (Lipinski definition) is 0. The number of benzene rings is 1. The summed E-state index contributed by atoms with van der Waals surface area (Å²) in [5, 5.41) is 5.61. The van der Waals surface area contributed by atoms with Crippen molar-refractivity contribution in [3.05, 3.63) is 54.4 Å². The van der Waals surface area contributed by atoms with Crippen molar-refractivity contribution in [1.29, 1.82) is 0 Å². The van der Waals surface area contributed by atoms with Gasteiger partial charge >= 0.3 is 0 Å². The highest BCUT2D eigenvalue weighted by molar-refractivity contribution is 5.90. The third-order valence-corrected chi connectivity index (χ3v) is 3.70. The minimum atomic E-state index is -0.0669. The molecule has 0 bridgehead atoms. The zero-order valence-electron chi connectivity index (χ0n) is 14.4. The molecule has 1 heterocycles. The molecule has 4 nitrogen and oxygen atoms in total. The highest BCUT2D eigenvalue weighted by atomic mass is 16.2. The second-order valence-electron chi connectivity index (χ2n) is 6.31. The minimum Gasteiger partial charge on any atom is -0.317 e. The van der Waals surface area contributed by atoms with Crippen LogP contribution < -0.4 is 4.90 Å². The van der Waals surface area contributed by atoms with Crippen molar-refractivity contribution >= 4 is 17.8 Å². The monoisotopic (exact) mass is 311 g/mol. The predicted octanol–water partition coefficient (Wildman–Crippen LogP) is 4.13. The molecule has 4 heteroatoms. The number of allylic oxidation sites excluding steroid dienone is 2. The molecule has 2 rings (SSSR count). The highest BCUT2D eigenvalue weighted by Crippen LogP contribution is 2.32. The van der Waals surface area contributed by atoms with Crippen molar-refractivity contribution in [3.63, 3.8) is 0 Å². The van der Waals surface area contributed by atoms with E-state index in [1.807, 2.05) is 35.3 Å². The lowest BCUT2D eigenvalue weighted by Crippen LogP contribution is -2.20. The van der Waals surface area contributed by atoms with Gasteiger partial charge in [0, 0.05) is 11.9 Å². The van der Waals surface area contributed by atoms with E-state index in [-0.39, 0.29) is 12.5 Å². The van der Waals surface area contributed by atoms with Crippen LogP contribution in [0, 0.1) is 5.92 Å². The standard InChI is InChI=1S/C19H25N3O/c1-14(2)9-8-12-20-22-16(5)21(13-19(22)23)18-11-7-6-10-17(18)15(3)4/h6-12,14-15H,5,13H2,1-4H3/b9-8-,20-12+. The summed E-state index contributed by atoms with van der Waals surface area (Å²) in [4.78, 5) is 14.2. The summed E-state index contributed by atoms with van der Waals surface area (Å²) in [6, 6.07) is 8.12. The maximum atomic E-state index is 12.3. The lowest BCUT2D eigenvalue weighted by atomic mass is 10.0. The first-order valence-electron chi connectivity index (χ1n) is 8.01. The SMILES string of the molecule is C=C1N(/N=C/C=C\C(C)C)C(=O)CN1c1ccccc1C(C)C. The fraction of sp³-hybridized carbons (Fsp3) is 0.368. The minimum absolute atomic E-state index is 0.0669. The molecular formula is C19H25N3O. The molecule has 1 saturated heterocycles. The maximum absolute atomic E-state index is 12.3. The Morgan fingerprint density at radius 3 is 2.57 bits per heavy atom. The number of para-hydroxylation sites is 1. The van der Waals surface area contributed by atoms with Crippen LogP contribution >= 0.6 is 0 Å². The van der Waals surface area contributed by atoms with Crippen molar-refractivity contribution < 1.29 is 4.79 Å². The smallest absolute Gasteiger partial charge is 0.268 e. The molecule has 0 spiro atoms. The molecule has 0 N–H and O–H groups in total. The Balaban J connectivity index is 2.22. The quantitative estimate of drug-likeness (QED) is 0.767. The van der Waals surface area contributed by atoms with Gasteiger partial charge in [-0.2, -0.15) is 10.1 Å². The topological polar surface area (TPSA) is 35.9 Å². The summed E-state index contributed by atoms with van der Waals surface area (Å²) in [5.74, 6) is 1.36. The number of nitrogens with zero attached hydrogens (tertiary/aromatic N) is 3. The molecule has 1 aromatic rings. The summed E-state index contributed by atoms with van der Waals surface area (Å²) in [7, 11) is 0. The van der Waals surface area contributed by atoms with Crippen molar-refractivity contribution in [2.75, 3.05) is 11.4 Å². The zero-order valence-corrected chi connectivity index (χ0v) is 14.4. The fourth-order valence-corrected chi connectivity index (χ4v) is 2.51. The van der Waals surface area contributed by atoms with Gasteiger partial charge in [0.25, 0.3) is 5.91 Å². The first kappa shape index (κ1) is 17.0. The number of rotatable bonds is 5. The Bertz CT molecular complexity index is 644. The highest BCUT2D eigenvalue weighted by Gasteiger charge is 2.33. The Hall–Kier alpha value is -2.36. The van der Waals surface area contributed by atoms with Gasteiger partial charge in [0.2, 0.25) is 0 Å². The van der Waals surface area contributed by atoms with Gasteiger partial charge in [0.15, 0.2) is 0 Å². The van der Waals surface area contributed by atoms with E-state index in [1.54, 1.807) is 6.21 Å². The lowest BCUT2D eigenvalue weighted by Gasteiger charge is -2.23. The van der Waals surface area contributed by atoms with Crippen LogP contribution in [0.2, 0.25) is 0 Å². The number of carbonyl (C=O) groups excluding carboxylic acids is 1. The summed E-state index contributed by atoms with van der Waals surface area (Å²) >= 11 is 0. The van der Waals surface area contributed by atoms with Gasteiger partial charge in [0.05, 0.1) is 0 Å². The number of hydrazone groups is 1. The third-order valence-electron chi connectivity index (χ3n) is 3.70. The Morgan fingerprint density at radius 2 is 1.91 bits per heavy atom. The van der Waals surface area contributed by atoms with Gasteiger partial charge in [-0.05, 0) is 29.5 Å². The Kier molecular flexibility index (Phi) is 5.37. The number of anilines is 1. The summed E-state index contributed by atoms with van der Waals surface area (Å²) in [5.41, 5.74) is 2.23. The molecule has 0 saturated carbocycles. The molecule has 0 radical (unpaired) electrons. The van der Waals surface area contributed by atoms with Crippen molar-refractivity contribution in [2.24, 2.45) is 11.0 Å². The Morgan fingerprint density at radius 1 is 1.22 bits per heavy atom. The van der Waals surface area contributed by atoms with Crippen LogP contribution in [0.25, 0.3) is 0 Å². The number of hydrogen-bond acceptors (Lipinski definition) is 3. The van der Waals surface area contributed by atoms with E-state index >= 15 is 0 Å². The third kappa shape index (κ3) is 3.89. The lowest BCUT2D eigenvalue weighted by molar-refractivity contribution is -0.125. The molecule has 1 fully saturated rings. The number of carbonyl (C=O) groups is 1. The molecule has 1 aliphatic rings. The maximum Gasteiger partial charge on any atom is 0.268 e. The van der Waals surface area contributed by atoms with Crippen LogP contribution in [0.1, 0.15) is 39.2 Å². The first-order valence-corrected chi connectivity index (χ1v) is 8.01. The average Bonchev–Trinajstić information content (AvgIpc) is 2.78. The normalized spacial score (nSPS) is 16.1. The summed E-state index contributed by atoms with van der Waals surface area (Å²) < 4.78 is 0. The Labute approximate surface area is 138 Å². The molecular weight excluding hydrogens is 286 g/mol. The van der Waals surface area contributed by atoms with Crippen molar-refractivity contribution in [1.82, 2.24) is 5.01 Å². The van der Waals surface area contributed by atoms with Crippen LogP contribution in [-0.2, 0) is 4.79 Å². The molecule has 0 aromatic heterocycles. The fourth-order valence-electron chi connectivity index (χ4n) is 2.51. The molecule has 0 atom stereocenters. The molecule has 0 aliphatic carbocycles. The molecule has 122 valence electrons. The van der Waals surface area contributed by atoms with Gasteiger partial charge in [-0.25, -0.2) is 0 Å². The van der Waals surface area contributed by atoms with Crippen molar-refractivity contribution in [3.8, 4) is 0 Å². The summed E-state index contributed by atoms with van der Waals surface area (Å²) in [6.07, 6.45) is 5.52. The molecule has 1 aliphatic heterocycles. The van der Waals surface area contributed by atoms with Gasteiger partial charge in [-0.3, -0.25) is 4.79 Å². The first-order chi connectivity index (χ1) is 10.9. The van der Waals surface area contributed by atoms with Crippen LogP contribution in [0.5, 0.6) is 0 Å². The van der Waals surface area contributed by atoms with Crippen LogP contribution in [-0.4, -0.2) is 23.7 Å². The van der Waals surface area contributed by atoms with E-state index in [1.165, 1.54) is 10.6 Å². The van der Waals surface area contributed by atoms with E-state index in [2.05, 4.69) is 45.4 Å². The van der Waals surface area contributed by atoms with Gasteiger partial charge < -0.3 is 4.90 Å². The predicted molar refractivity (Wildman–Crippen MR) is 96.3 cm³/mol. The molecule has 1 aromatic carbocycles. The zero-order chi connectivity index (χ0) is 17.0. The van der Waals surface area contributed by atoms with E-state index < -0.39 is 0 Å². The van der Waals surface area contributed by atoms with Gasteiger partial charge in [-0.1, -0.05) is 58.5 Å². The van der Waals surface area contributed by atoms with E-state index in [4.69, 9.17) is 0 Å². The summed E-state index contributed by atoms with van der Waals surface area (Å²) in [6.45, 7) is 12.8. The van der Waals surface area contributed by atoms with Crippen LogP contribution in [0.3, 0.4) is 0 Å². The average molecular weight is 311 g/mol. The van der Waals surface area contributed by atoms with E-state index in [0.29, 0.717) is 17.7 Å². The van der Waals surface area contributed by atoms with Gasteiger partial charge in [-0.15, -0.1) is 0 Å². The second-order valence-corrected chi connectivity index (χ2v) is 6.31. The molecule has 0 unspecified atom stereocenters. The van der Waals surface area contributed by atoms with Crippen LogP contribution in [0.4, 0.5) is 5.69 Å².